The second-order valence-electron chi connectivity index (χ2n) is 4.59. The Hall–Kier alpha value is 0.540. The predicted molar refractivity (Wildman–Crippen MR) is 83.1 cm³/mol. The highest BCUT2D eigenvalue weighted by Gasteiger charge is 2.18. The minimum absolute atomic E-state index is 0.223. The number of halogens is 2. The lowest BCUT2D eigenvalue weighted by molar-refractivity contribution is 0.180. The number of nitrogens with one attached hydrogen (secondary N) is 1. The molecule has 0 aromatic carbocycles. The average molecular weight is 398 g/mol. The van der Waals surface area contributed by atoms with Crippen LogP contribution in [0.3, 0.4) is 0 Å². The fraction of sp³-hybridized carbons (Fsp3) is 0.667. The molecule has 0 bridgehead atoms. The van der Waals surface area contributed by atoms with Gasteiger partial charge in [0.05, 0.1) is 10.4 Å². The first-order valence-corrected chi connectivity index (χ1v) is 8.59. The molecule has 0 radical (unpaired) electrons. The molecule has 1 aromatic heterocycles. The molecule has 0 amide bonds. The second-order valence-corrected chi connectivity index (χ2v) is 7.90. The fourth-order valence-electron chi connectivity index (χ4n) is 2.29. The number of hydrogen-bond donors (Lipinski definition) is 2. The van der Waals surface area contributed by atoms with E-state index in [0.29, 0.717) is 6.04 Å². The number of nitrogens with zero attached hydrogens (tertiary/aromatic N) is 1. The molecule has 0 saturated carbocycles. The standard InChI is InChI=1S/C12H18Br2N2OS/c13-11-6-10(18-12(11)14)8-16(4-5-17)7-9-2-1-3-15-9/h6,9,15,17H,1-5,7-8H2. The third kappa shape index (κ3) is 4.28. The van der Waals surface area contributed by atoms with Gasteiger partial charge in [-0.3, -0.25) is 4.90 Å². The molecule has 3 nitrogen and oxygen atoms in total. The number of aliphatic hydroxyl groups is 1. The van der Waals surface area contributed by atoms with Crippen LogP contribution >= 0.6 is 43.2 Å². The fourth-order valence-corrected chi connectivity index (χ4v) is 4.51. The Kier molecular flexibility index (Phi) is 6.11. The zero-order valence-corrected chi connectivity index (χ0v) is 14.2. The van der Waals surface area contributed by atoms with E-state index in [1.807, 2.05) is 0 Å². The van der Waals surface area contributed by atoms with Gasteiger partial charge in [0, 0.05) is 35.0 Å². The molecule has 1 unspecified atom stereocenters. The number of thiophene rings is 1. The first-order valence-electron chi connectivity index (χ1n) is 6.19. The van der Waals surface area contributed by atoms with Crippen molar-refractivity contribution < 1.29 is 5.11 Å². The van der Waals surface area contributed by atoms with Crippen LogP contribution in [0, 0.1) is 0 Å². The Balaban J connectivity index is 1.92. The monoisotopic (exact) mass is 396 g/mol. The second kappa shape index (κ2) is 7.36. The molecule has 6 heteroatoms. The molecule has 1 aliphatic heterocycles. The number of rotatable bonds is 6. The summed E-state index contributed by atoms with van der Waals surface area (Å²) in [6.45, 7) is 4.03. The molecule has 0 spiro atoms. The van der Waals surface area contributed by atoms with Crippen LogP contribution in [-0.2, 0) is 6.54 Å². The van der Waals surface area contributed by atoms with Crippen molar-refractivity contribution in [2.45, 2.75) is 25.4 Å². The van der Waals surface area contributed by atoms with Crippen molar-refractivity contribution in [2.24, 2.45) is 0 Å². The lowest BCUT2D eigenvalue weighted by atomic mass is 10.2. The topological polar surface area (TPSA) is 35.5 Å². The Morgan fingerprint density at radius 3 is 2.89 bits per heavy atom. The van der Waals surface area contributed by atoms with Crippen molar-refractivity contribution in [1.82, 2.24) is 10.2 Å². The summed E-state index contributed by atoms with van der Waals surface area (Å²) in [4.78, 5) is 3.65. The molecule has 1 aromatic rings. The molecular formula is C12H18Br2N2OS. The molecule has 1 atom stereocenters. The van der Waals surface area contributed by atoms with E-state index in [1.54, 1.807) is 11.3 Å². The molecule has 2 heterocycles. The SMILES string of the molecule is OCCN(Cc1cc(Br)c(Br)s1)CC1CCCN1. The highest BCUT2D eigenvalue weighted by atomic mass is 79.9. The van der Waals surface area contributed by atoms with Gasteiger partial charge in [-0.15, -0.1) is 11.3 Å². The van der Waals surface area contributed by atoms with Gasteiger partial charge in [0.15, 0.2) is 0 Å². The Morgan fingerprint density at radius 2 is 2.33 bits per heavy atom. The minimum Gasteiger partial charge on any atom is -0.395 e. The molecule has 18 heavy (non-hydrogen) atoms. The van der Waals surface area contributed by atoms with Gasteiger partial charge in [-0.05, 0) is 57.3 Å². The smallest absolute Gasteiger partial charge is 0.0843 e. The molecule has 102 valence electrons. The van der Waals surface area contributed by atoms with E-state index in [2.05, 4.69) is 48.1 Å². The van der Waals surface area contributed by atoms with E-state index in [4.69, 9.17) is 0 Å². The van der Waals surface area contributed by atoms with Gasteiger partial charge in [-0.2, -0.15) is 0 Å². The van der Waals surface area contributed by atoms with Crippen LogP contribution in [0.15, 0.2) is 14.3 Å². The van der Waals surface area contributed by atoms with Crippen LogP contribution in [0.5, 0.6) is 0 Å². The van der Waals surface area contributed by atoms with Crippen LogP contribution in [0.1, 0.15) is 17.7 Å². The Morgan fingerprint density at radius 1 is 1.50 bits per heavy atom. The maximum atomic E-state index is 9.17. The summed E-state index contributed by atoms with van der Waals surface area (Å²) in [5.41, 5.74) is 0. The normalized spacial score (nSPS) is 19.9. The van der Waals surface area contributed by atoms with Gasteiger partial charge in [0.25, 0.3) is 0 Å². The van der Waals surface area contributed by atoms with Crippen LogP contribution in [-0.4, -0.2) is 42.3 Å². The molecule has 2 N–H and O–H groups in total. The van der Waals surface area contributed by atoms with Crippen molar-refractivity contribution in [2.75, 3.05) is 26.2 Å². The van der Waals surface area contributed by atoms with Crippen LogP contribution in [0.2, 0.25) is 0 Å². The number of hydrogen-bond acceptors (Lipinski definition) is 4. The molecule has 1 fully saturated rings. The van der Waals surface area contributed by atoms with Crippen molar-refractivity contribution in [3.63, 3.8) is 0 Å². The van der Waals surface area contributed by atoms with E-state index < -0.39 is 0 Å². The summed E-state index contributed by atoms with van der Waals surface area (Å²) in [5, 5.41) is 12.7. The molecular weight excluding hydrogens is 380 g/mol. The average Bonchev–Trinajstić information content (AvgIpc) is 2.91. The quantitative estimate of drug-likeness (QED) is 0.774. The third-order valence-electron chi connectivity index (χ3n) is 3.13. The lowest BCUT2D eigenvalue weighted by Crippen LogP contribution is -2.38. The highest BCUT2D eigenvalue weighted by Crippen LogP contribution is 2.33. The lowest BCUT2D eigenvalue weighted by Gasteiger charge is -2.24. The van der Waals surface area contributed by atoms with Gasteiger partial charge in [-0.25, -0.2) is 0 Å². The van der Waals surface area contributed by atoms with Crippen LogP contribution < -0.4 is 5.32 Å². The zero-order valence-electron chi connectivity index (χ0n) is 10.2. The van der Waals surface area contributed by atoms with E-state index in [0.717, 1.165) is 34.4 Å². The summed E-state index contributed by atoms with van der Waals surface area (Å²) < 4.78 is 2.26. The van der Waals surface area contributed by atoms with E-state index in [9.17, 15) is 5.11 Å². The van der Waals surface area contributed by atoms with Crippen LogP contribution in [0.25, 0.3) is 0 Å². The Labute approximate surface area is 129 Å². The van der Waals surface area contributed by atoms with E-state index in [-0.39, 0.29) is 6.61 Å². The van der Waals surface area contributed by atoms with Gasteiger partial charge in [-0.1, -0.05) is 0 Å². The summed E-state index contributed by atoms with van der Waals surface area (Å²) in [5.74, 6) is 0. The minimum atomic E-state index is 0.223. The first-order chi connectivity index (χ1) is 8.69. The summed E-state index contributed by atoms with van der Waals surface area (Å²) in [6, 6.07) is 2.74. The summed E-state index contributed by atoms with van der Waals surface area (Å²) >= 11 is 8.79. The van der Waals surface area contributed by atoms with Crippen LogP contribution in [0.4, 0.5) is 0 Å². The van der Waals surface area contributed by atoms with E-state index in [1.165, 1.54) is 17.7 Å². The molecule has 1 saturated heterocycles. The predicted octanol–water partition coefficient (Wildman–Crippen LogP) is 2.82. The summed E-state index contributed by atoms with van der Waals surface area (Å²) in [7, 11) is 0. The van der Waals surface area contributed by atoms with E-state index >= 15 is 0 Å². The van der Waals surface area contributed by atoms with Gasteiger partial charge >= 0.3 is 0 Å². The van der Waals surface area contributed by atoms with Gasteiger partial charge in [0.2, 0.25) is 0 Å². The van der Waals surface area contributed by atoms with Crippen molar-refractivity contribution >= 4 is 43.2 Å². The van der Waals surface area contributed by atoms with Gasteiger partial charge < -0.3 is 10.4 Å². The van der Waals surface area contributed by atoms with Crippen molar-refractivity contribution in [3.8, 4) is 0 Å². The van der Waals surface area contributed by atoms with Crippen molar-refractivity contribution in [1.29, 1.82) is 0 Å². The number of aliphatic hydroxyl groups excluding tert-OH is 1. The third-order valence-corrected chi connectivity index (χ3v) is 6.37. The molecule has 1 aliphatic rings. The largest absolute Gasteiger partial charge is 0.395 e. The van der Waals surface area contributed by atoms with Crippen molar-refractivity contribution in [3.05, 3.63) is 19.2 Å². The molecule has 0 aliphatic carbocycles. The maximum absolute atomic E-state index is 9.17. The first kappa shape index (κ1) is 14.9. The highest BCUT2D eigenvalue weighted by molar-refractivity contribution is 9.13. The zero-order chi connectivity index (χ0) is 13.0. The Bertz CT molecular complexity index is 361. The summed E-state index contributed by atoms with van der Waals surface area (Å²) in [6.07, 6.45) is 2.52. The van der Waals surface area contributed by atoms with Gasteiger partial charge in [0.1, 0.15) is 0 Å². The molecule has 2 rings (SSSR count). The maximum Gasteiger partial charge on any atom is 0.0843 e.